The van der Waals surface area contributed by atoms with Gasteiger partial charge in [-0.05, 0) is 32.4 Å². The molecule has 0 aliphatic carbocycles. The summed E-state index contributed by atoms with van der Waals surface area (Å²) in [6.07, 6.45) is 0.950. The van der Waals surface area contributed by atoms with Crippen molar-refractivity contribution in [2.45, 2.75) is 33.2 Å². The standard InChI is InChI=1S/C15H22N2O3/c1-5-11(3)16-9-14(18)17-13-7-6-10(2)8-12(13)15(19)20-4/h6-8,11,16H,5,9H2,1-4H3,(H,17,18). The average molecular weight is 278 g/mol. The van der Waals surface area contributed by atoms with Gasteiger partial charge in [-0.15, -0.1) is 0 Å². The fourth-order valence-electron chi connectivity index (χ4n) is 1.65. The van der Waals surface area contributed by atoms with E-state index in [9.17, 15) is 9.59 Å². The van der Waals surface area contributed by atoms with E-state index >= 15 is 0 Å². The third kappa shape index (κ3) is 4.66. The molecule has 0 bridgehead atoms. The first-order valence-corrected chi connectivity index (χ1v) is 6.70. The van der Waals surface area contributed by atoms with Gasteiger partial charge in [0, 0.05) is 6.04 Å². The van der Waals surface area contributed by atoms with Gasteiger partial charge in [-0.3, -0.25) is 4.79 Å². The van der Waals surface area contributed by atoms with E-state index in [4.69, 9.17) is 4.74 Å². The van der Waals surface area contributed by atoms with E-state index in [1.165, 1.54) is 7.11 Å². The quantitative estimate of drug-likeness (QED) is 0.782. The van der Waals surface area contributed by atoms with Crippen LogP contribution in [0, 0.1) is 6.92 Å². The lowest BCUT2D eigenvalue weighted by atomic mass is 10.1. The fourth-order valence-corrected chi connectivity index (χ4v) is 1.65. The number of benzene rings is 1. The average Bonchev–Trinajstić information content (AvgIpc) is 2.45. The topological polar surface area (TPSA) is 67.4 Å². The lowest BCUT2D eigenvalue weighted by molar-refractivity contribution is -0.115. The number of amides is 1. The number of esters is 1. The smallest absolute Gasteiger partial charge is 0.339 e. The van der Waals surface area contributed by atoms with Crippen molar-refractivity contribution in [2.24, 2.45) is 0 Å². The first-order valence-electron chi connectivity index (χ1n) is 6.70. The second-order valence-electron chi connectivity index (χ2n) is 4.78. The zero-order chi connectivity index (χ0) is 15.1. The molecule has 1 amide bonds. The predicted octanol–water partition coefficient (Wildman–Crippen LogP) is 2.11. The number of hydrogen-bond donors (Lipinski definition) is 2. The van der Waals surface area contributed by atoms with Crippen molar-refractivity contribution in [3.63, 3.8) is 0 Å². The highest BCUT2D eigenvalue weighted by molar-refractivity contribution is 6.01. The summed E-state index contributed by atoms with van der Waals surface area (Å²) in [5.41, 5.74) is 1.77. The highest BCUT2D eigenvalue weighted by Crippen LogP contribution is 2.18. The molecule has 2 N–H and O–H groups in total. The third-order valence-corrected chi connectivity index (χ3v) is 3.08. The Balaban J connectivity index is 2.76. The van der Waals surface area contributed by atoms with Gasteiger partial charge < -0.3 is 15.4 Å². The molecule has 1 aromatic carbocycles. The van der Waals surface area contributed by atoms with Crippen molar-refractivity contribution in [1.29, 1.82) is 0 Å². The van der Waals surface area contributed by atoms with Crippen LogP contribution in [0.1, 0.15) is 36.2 Å². The number of ether oxygens (including phenoxy) is 1. The maximum atomic E-state index is 11.9. The Morgan fingerprint density at radius 1 is 1.35 bits per heavy atom. The van der Waals surface area contributed by atoms with Gasteiger partial charge in [-0.2, -0.15) is 0 Å². The summed E-state index contributed by atoms with van der Waals surface area (Å²) in [7, 11) is 1.32. The van der Waals surface area contributed by atoms with Crippen LogP contribution in [0.25, 0.3) is 0 Å². The van der Waals surface area contributed by atoms with E-state index < -0.39 is 5.97 Å². The van der Waals surface area contributed by atoms with Crippen LogP contribution in [0.4, 0.5) is 5.69 Å². The van der Waals surface area contributed by atoms with Crippen molar-refractivity contribution in [1.82, 2.24) is 5.32 Å². The predicted molar refractivity (Wildman–Crippen MR) is 78.9 cm³/mol. The summed E-state index contributed by atoms with van der Waals surface area (Å²) in [4.78, 5) is 23.5. The monoisotopic (exact) mass is 278 g/mol. The zero-order valence-electron chi connectivity index (χ0n) is 12.4. The number of carbonyl (C=O) groups is 2. The van der Waals surface area contributed by atoms with Crippen molar-refractivity contribution >= 4 is 17.6 Å². The second kappa shape index (κ2) is 7.65. The summed E-state index contributed by atoms with van der Waals surface area (Å²) in [6, 6.07) is 5.52. The minimum atomic E-state index is -0.459. The van der Waals surface area contributed by atoms with E-state index in [0.717, 1.165) is 12.0 Å². The van der Waals surface area contributed by atoms with Gasteiger partial charge in [0.05, 0.1) is 24.9 Å². The molecule has 20 heavy (non-hydrogen) atoms. The maximum absolute atomic E-state index is 11.9. The van der Waals surface area contributed by atoms with Crippen LogP contribution >= 0.6 is 0 Å². The fraction of sp³-hybridized carbons (Fsp3) is 0.467. The Kier molecular flexibility index (Phi) is 6.18. The number of rotatable bonds is 6. The Bertz CT molecular complexity index is 486. The van der Waals surface area contributed by atoms with Crippen LogP contribution in [-0.4, -0.2) is 31.6 Å². The number of nitrogens with one attached hydrogen (secondary N) is 2. The van der Waals surface area contributed by atoms with E-state index in [1.54, 1.807) is 12.1 Å². The number of anilines is 1. The maximum Gasteiger partial charge on any atom is 0.339 e. The van der Waals surface area contributed by atoms with Gasteiger partial charge in [-0.25, -0.2) is 4.79 Å². The summed E-state index contributed by atoms with van der Waals surface area (Å²) in [5, 5.41) is 5.83. The number of methoxy groups -OCH3 is 1. The van der Waals surface area contributed by atoms with Gasteiger partial charge in [0.15, 0.2) is 0 Å². The molecule has 110 valence electrons. The molecular weight excluding hydrogens is 256 g/mol. The molecule has 1 atom stereocenters. The Hall–Kier alpha value is -1.88. The highest BCUT2D eigenvalue weighted by Gasteiger charge is 2.14. The van der Waals surface area contributed by atoms with E-state index in [1.807, 2.05) is 26.8 Å². The lowest BCUT2D eigenvalue weighted by Crippen LogP contribution is -2.34. The Morgan fingerprint density at radius 2 is 2.05 bits per heavy atom. The van der Waals surface area contributed by atoms with E-state index in [2.05, 4.69) is 10.6 Å². The van der Waals surface area contributed by atoms with E-state index in [-0.39, 0.29) is 18.5 Å². The van der Waals surface area contributed by atoms with Gasteiger partial charge in [0.25, 0.3) is 0 Å². The minimum absolute atomic E-state index is 0.181. The molecule has 0 radical (unpaired) electrons. The zero-order valence-corrected chi connectivity index (χ0v) is 12.4. The molecule has 1 unspecified atom stereocenters. The Morgan fingerprint density at radius 3 is 2.65 bits per heavy atom. The third-order valence-electron chi connectivity index (χ3n) is 3.08. The minimum Gasteiger partial charge on any atom is -0.465 e. The molecule has 0 saturated heterocycles. The second-order valence-corrected chi connectivity index (χ2v) is 4.78. The van der Waals surface area contributed by atoms with Crippen LogP contribution in [0.3, 0.4) is 0 Å². The molecule has 1 aromatic rings. The molecule has 5 nitrogen and oxygen atoms in total. The largest absolute Gasteiger partial charge is 0.465 e. The van der Waals surface area contributed by atoms with Crippen LogP contribution in [0.15, 0.2) is 18.2 Å². The normalized spacial score (nSPS) is 11.8. The summed E-state index contributed by atoms with van der Waals surface area (Å²) >= 11 is 0. The van der Waals surface area contributed by atoms with Crippen LogP contribution < -0.4 is 10.6 Å². The van der Waals surface area contributed by atoms with E-state index in [0.29, 0.717) is 11.3 Å². The summed E-state index contributed by atoms with van der Waals surface area (Å²) in [6.45, 7) is 6.15. The number of aryl methyl sites for hydroxylation is 1. The molecule has 1 rings (SSSR count). The van der Waals surface area contributed by atoms with Crippen molar-refractivity contribution < 1.29 is 14.3 Å². The van der Waals surface area contributed by atoms with Gasteiger partial charge in [-0.1, -0.05) is 18.6 Å². The highest BCUT2D eigenvalue weighted by atomic mass is 16.5. The number of hydrogen-bond acceptors (Lipinski definition) is 4. The molecule has 0 aliphatic rings. The molecule has 0 fully saturated rings. The van der Waals surface area contributed by atoms with Crippen LogP contribution in [-0.2, 0) is 9.53 Å². The first-order chi connectivity index (χ1) is 9.47. The van der Waals surface area contributed by atoms with Crippen molar-refractivity contribution in [3.8, 4) is 0 Å². The van der Waals surface area contributed by atoms with Gasteiger partial charge in [0.1, 0.15) is 0 Å². The van der Waals surface area contributed by atoms with Gasteiger partial charge >= 0.3 is 5.97 Å². The Labute approximate surface area is 119 Å². The number of carbonyl (C=O) groups excluding carboxylic acids is 2. The lowest BCUT2D eigenvalue weighted by Gasteiger charge is -2.13. The molecular formula is C15H22N2O3. The molecule has 0 saturated carbocycles. The molecule has 0 aromatic heterocycles. The van der Waals surface area contributed by atoms with Crippen molar-refractivity contribution in [3.05, 3.63) is 29.3 Å². The van der Waals surface area contributed by atoms with Crippen LogP contribution in [0.5, 0.6) is 0 Å². The molecule has 0 spiro atoms. The summed E-state index contributed by atoms with van der Waals surface area (Å²) in [5.74, 6) is -0.641. The van der Waals surface area contributed by atoms with Crippen molar-refractivity contribution in [2.75, 3.05) is 19.0 Å². The summed E-state index contributed by atoms with van der Waals surface area (Å²) < 4.78 is 4.72. The molecule has 0 aliphatic heterocycles. The SMILES string of the molecule is CCC(C)NCC(=O)Nc1ccc(C)cc1C(=O)OC. The van der Waals surface area contributed by atoms with Gasteiger partial charge in [0.2, 0.25) is 5.91 Å². The van der Waals surface area contributed by atoms with Crippen LogP contribution in [0.2, 0.25) is 0 Å². The first kappa shape index (κ1) is 16.2. The molecule has 5 heteroatoms. The molecule has 0 heterocycles.